The minimum absolute atomic E-state index is 0.120. The number of nitrogens with two attached hydrogens (primary N) is 1. The molecule has 2 aromatic heterocycles. The summed E-state index contributed by atoms with van der Waals surface area (Å²) in [5.74, 6) is 0.391. The van der Waals surface area contributed by atoms with Gasteiger partial charge in [0.1, 0.15) is 12.4 Å². The predicted octanol–water partition coefficient (Wildman–Crippen LogP) is 2.98. The number of hydrogen-bond donors (Lipinski definition) is 1. The first-order chi connectivity index (χ1) is 12.7. The number of pyridine rings is 2. The molecule has 7 heteroatoms. The van der Waals surface area contributed by atoms with Crippen molar-refractivity contribution in [3.05, 3.63) is 71.8 Å². The maximum Gasteiger partial charge on any atom is 0.283 e. The van der Waals surface area contributed by atoms with E-state index in [1.54, 1.807) is 18.2 Å². The first-order valence-corrected chi connectivity index (χ1v) is 8.05. The standard InChI is InChI=1S/C19H13FN4O2/c20-16-11(4-3-9-22-16)14-8-7-13-17(23-14)26-15-6-2-1-5-12(15)19(13)10-25-18(21)24-19/h1-9H,10H2,(H2,21,24). The van der Waals surface area contributed by atoms with Crippen molar-refractivity contribution in [1.82, 2.24) is 9.97 Å². The van der Waals surface area contributed by atoms with Crippen molar-refractivity contribution < 1.29 is 13.9 Å². The van der Waals surface area contributed by atoms with E-state index >= 15 is 0 Å². The van der Waals surface area contributed by atoms with Crippen molar-refractivity contribution >= 4 is 6.02 Å². The van der Waals surface area contributed by atoms with E-state index in [0.29, 0.717) is 22.9 Å². The molecule has 4 heterocycles. The zero-order valence-corrected chi connectivity index (χ0v) is 13.5. The van der Waals surface area contributed by atoms with Gasteiger partial charge in [-0.25, -0.2) is 15.0 Å². The van der Waals surface area contributed by atoms with E-state index in [1.807, 2.05) is 30.3 Å². The highest BCUT2D eigenvalue weighted by Gasteiger charge is 2.47. The molecule has 0 saturated heterocycles. The zero-order valence-electron chi connectivity index (χ0n) is 13.5. The van der Waals surface area contributed by atoms with Crippen LogP contribution in [-0.4, -0.2) is 22.6 Å². The Morgan fingerprint density at radius 2 is 1.92 bits per heavy atom. The van der Waals surface area contributed by atoms with Crippen LogP contribution in [0.2, 0.25) is 0 Å². The smallest absolute Gasteiger partial charge is 0.283 e. The van der Waals surface area contributed by atoms with Crippen molar-refractivity contribution in [2.45, 2.75) is 5.54 Å². The van der Waals surface area contributed by atoms with Crippen molar-refractivity contribution in [3.8, 4) is 22.9 Å². The second kappa shape index (κ2) is 5.26. The van der Waals surface area contributed by atoms with Crippen LogP contribution in [0.5, 0.6) is 11.6 Å². The summed E-state index contributed by atoms with van der Waals surface area (Å²) in [6.45, 7) is 0.258. The molecule has 6 nitrogen and oxygen atoms in total. The predicted molar refractivity (Wildman–Crippen MR) is 92.3 cm³/mol. The van der Waals surface area contributed by atoms with Gasteiger partial charge in [-0.2, -0.15) is 4.39 Å². The van der Waals surface area contributed by atoms with Crippen LogP contribution >= 0.6 is 0 Å². The average molecular weight is 348 g/mol. The van der Waals surface area contributed by atoms with Gasteiger partial charge in [-0.3, -0.25) is 0 Å². The fourth-order valence-corrected chi connectivity index (χ4v) is 3.41. The zero-order chi connectivity index (χ0) is 17.7. The van der Waals surface area contributed by atoms with E-state index in [9.17, 15) is 4.39 Å². The highest BCUT2D eigenvalue weighted by Crippen LogP contribution is 2.50. The molecule has 1 atom stereocenters. The van der Waals surface area contributed by atoms with Gasteiger partial charge in [0.2, 0.25) is 11.8 Å². The van der Waals surface area contributed by atoms with Crippen LogP contribution in [0.3, 0.4) is 0 Å². The van der Waals surface area contributed by atoms with Gasteiger partial charge in [-0.15, -0.1) is 0 Å². The molecular formula is C19H13FN4O2. The lowest BCUT2D eigenvalue weighted by atomic mass is 9.82. The van der Waals surface area contributed by atoms with Crippen LogP contribution in [0.25, 0.3) is 11.3 Å². The summed E-state index contributed by atoms with van der Waals surface area (Å²) in [7, 11) is 0. The summed E-state index contributed by atoms with van der Waals surface area (Å²) in [5.41, 5.74) is 7.31. The monoisotopic (exact) mass is 348 g/mol. The molecule has 0 saturated carbocycles. The summed E-state index contributed by atoms with van der Waals surface area (Å²) >= 11 is 0. The summed E-state index contributed by atoms with van der Waals surface area (Å²) in [5, 5.41) is 0. The first kappa shape index (κ1) is 14.8. The molecule has 2 aliphatic heterocycles. The minimum atomic E-state index is -0.812. The molecule has 0 amide bonds. The number of benzene rings is 1. The molecular weight excluding hydrogens is 335 g/mol. The molecule has 26 heavy (non-hydrogen) atoms. The number of fused-ring (bicyclic) bond motifs is 4. The molecule has 0 radical (unpaired) electrons. The Labute approximate surface area is 148 Å². The molecule has 5 rings (SSSR count). The largest absolute Gasteiger partial charge is 0.462 e. The number of ether oxygens (including phenoxy) is 2. The number of aromatic nitrogens is 2. The summed E-state index contributed by atoms with van der Waals surface area (Å²) < 4.78 is 25.5. The average Bonchev–Trinajstić information content (AvgIpc) is 3.04. The minimum Gasteiger partial charge on any atom is -0.462 e. The van der Waals surface area contributed by atoms with Crippen LogP contribution in [0.4, 0.5) is 4.39 Å². The molecule has 0 fully saturated rings. The van der Waals surface area contributed by atoms with Crippen LogP contribution in [-0.2, 0) is 10.3 Å². The third kappa shape index (κ3) is 2.00. The van der Waals surface area contributed by atoms with Gasteiger partial charge in [-0.05, 0) is 30.3 Å². The van der Waals surface area contributed by atoms with Crippen molar-refractivity contribution in [2.75, 3.05) is 6.61 Å². The highest BCUT2D eigenvalue weighted by molar-refractivity contribution is 5.76. The second-order valence-corrected chi connectivity index (χ2v) is 6.09. The highest BCUT2D eigenvalue weighted by atomic mass is 19.1. The second-order valence-electron chi connectivity index (χ2n) is 6.09. The van der Waals surface area contributed by atoms with E-state index in [0.717, 1.165) is 11.1 Å². The molecule has 1 spiro atoms. The number of para-hydroxylation sites is 1. The summed E-state index contributed by atoms with van der Waals surface area (Å²) in [4.78, 5) is 12.7. The lowest BCUT2D eigenvalue weighted by Gasteiger charge is -2.32. The number of halogens is 1. The Hall–Kier alpha value is -3.48. The SMILES string of the molecule is NC1=NC2(CO1)c1ccccc1Oc1nc(-c3cccnc3F)ccc12. The number of aliphatic imine (C=N–C) groups is 1. The summed E-state index contributed by atoms with van der Waals surface area (Å²) in [6.07, 6.45) is 1.40. The van der Waals surface area contributed by atoms with E-state index in [1.165, 1.54) is 6.20 Å². The molecule has 0 bridgehead atoms. The van der Waals surface area contributed by atoms with E-state index in [-0.39, 0.29) is 12.6 Å². The number of rotatable bonds is 1. The van der Waals surface area contributed by atoms with Gasteiger partial charge in [-0.1, -0.05) is 18.2 Å². The van der Waals surface area contributed by atoms with Gasteiger partial charge in [0.25, 0.3) is 6.02 Å². The van der Waals surface area contributed by atoms with Crippen molar-refractivity contribution in [3.63, 3.8) is 0 Å². The van der Waals surface area contributed by atoms with Gasteiger partial charge in [0, 0.05) is 11.8 Å². The maximum atomic E-state index is 14.0. The van der Waals surface area contributed by atoms with Gasteiger partial charge in [0.05, 0.1) is 16.8 Å². The van der Waals surface area contributed by atoms with E-state index in [2.05, 4.69) is 15.0 Å². The van der Waals surface area contributed by atoms with Crippen LogP contribution in [0.1, 0.15) is 11.1 Å². The Morgan fingerprint density at radius 3 is 2.73 bits per heavy atom. The quantitative estimate of drug-likeness (QED) is 0.684. The van der Waals surface area contributed by atoms with E-state index in [4.69, 9.17) is 15.2 Å². The van der Waals surface area contributed by atoms with Crippen LogP contribution in [0, 0.1) is 5.95 Å². The maximum absolute atomic E-state index is 14.0. The third-order valence-electron chi connectivity index (χ3n) is 4.61. The summed E-state index contributed by atoms with van der Waals surface area (Å²) in [6, 6.07) is 14.5. The number of amidine groups is 1. The topological polar surface area (TPSA) is 82.6 Å². The first-order valence-electron chi connectivity index (χ1n) is 8.05. The Morgan fingerprint density at radius 1 is 1.04 bits per heavy atom. The molecule has 1 unspecified atom stereocenters. The van der Waals surface area contributed by atoms with Gasteiger partial charge >= 0.3 is 0 Å². The Kier molecular flexibility index (Phi) is 3.00. The molecule has 2 aliphatic rings. The fourth-order valence-electron chi connectivity index (χ4n) is 3.41. The van der Waals surface area contributed by atoms with Gasteiger partial charge in [0.15, 0.2) is 5.54 Å². The van der Waals surface area contributed by atoms with Crippen molar-refractivity contribution in [1.29, 1.82) is 0 Å². The number of nitrogens with zero attached hydrogens (tertiary/aromatic N) is 3. The fraction of sp³-hybridized carbons (Fsp3) is 0.105. The van der Waals surface area contributed by atoms with E-state index < -0.39 is 11.5 Å². The Balaban J connectivity index is 1.72. The van der Waals surface area contributed by atoms with Crippen LogP contribution in [0.15, 0.2) is 59.7 Å². The molecule has 1 aromatic carbocycles. The molecule has 2 N–H and O–H groups in total. The van der Waals surface area contributed by atoms with Gasteiger partial charge < -0.3 is 15.2 Å². The molecule has 3 aromatic rings. The number of hydrogen-bond acceptors (Lipinski definition) is 6. The molecule has 0 aliphatic carbocycles. The molecule has 128 valence electrons. The third-order valence-corrected chi connectivity index (χ3v) is 4.61. The Bertz CT molecular complexity index is 1070. The van der Waals surface area contributed by atoms with Crippen molar-refractivity contribution in [2.24, 2.45) is 10.7 Å². The lowest BCUT2D eigenvalue weighted by molar-refractivity contribution is 0.262. The normalized spacial score (nSPS) is 20.0. The van der Waals surface area contributed by atoms with Crippen LogP contribution < -0.4 is 10.5 Å². The lowest BCUT2D eigenvalue weighted by Crippen LogP contribution is -2.31.